The summed E-state index contributed by atoms with van der Waals surface area (Å²) in [7, 11) is 0. The molecular weight excluding hydrogens is 302 g/mol. The number of hydrogen-bond acceptors (Lipinski definition) is 4. The zero-order valence-corrected chi connectivity index (χ0v) is 15.5. The summed E-state index contributed by atoms with van der Waals surface area (Å²) in [5, 5.41) is 10.8. The molecule has 0 heterocycles. The number of aliphatic imine (C=N–C) groups is 1. The van der Waals surface area contributed by atoms with Crippen LogP contribution in [-0.2, 0) is 9.53 Å². The summed E-state index contributed by atoms with van der Waals surface area (Å²) in [5.41, 5.74) is 1.55. The SMILES string of the molecule is CCOC(=O)[C@H](N=C1C[C@@H]2C[C@H](C1)C2(C)C)[C@H](O)C1CCCCC1. The van der Waals surface area contributed by atoms with Crippen molar-refractivity contribution in [3.05, 3.63) is 0 Å². The van der Waals surface area contributed by atoms with Crippen molar-refractivity contribution in [1.29, 1.82) is 0 Å². The fourth-order valence-electron chi connectivity index (χ4n) is 5.00. The van der Waals surface area contributed by atoms with E-state index in [9.17, 15) is 9.90 Å². The van der Waals surface area contributed by atoms with E-state index < -0.39 is 12.1 Å². The lowest BCUT2D eigenvalue weighted by Crippen LogP contribution is -2.51. The van der Waals surface area contributed by atoms with Crippen LogP contribution in [-0.4, -0.2) is 35.5 Å². The average molecular weight is 335 g/mol. The van der Waals surface area contributed by atoms with Gasteiger partial charge in [-0.1, -0.05) is 33.1 Å². The lowest BCUT2D eigenvalue weighted by atomic mass is 9.48. The van der Waals surface area contributed by atoms with Crippen LogP contribution >= 0.6 is 0 Å². The maximum absolute atomic E-state index is 12.4. The average Bonchev–Trinajstić information content (AvgIpc) is 2.60. The van der Waals surface area contributed by atoms with E-state index in [1.54, 1.807) is 0 Å². The molecule has 136 valence electrons. The molecule has 0 aromatic heterocycles. The molecule has 4 aliphatic carbocycles. The number of aliphatic hydroxyl groups is 1. The maximum atomic E-state index is 12.4. The zero-order chi connectivity index (χ0) is 17.3. The quantitative estimate of drug-likeness (QED) is 0.778. The van der Waals surface area contributed by atoms with Crippen LogP contribution in [0.5, 0.6) is 0 Å². The molecule has 24 heavy (non-hydrogen) atoms. The Labute approximate surface area is 146 Å². The molecular formula is C20H33NO3. The fraction of sp³-hybridized carbons (Fsp3) is 0.900. The van der Waals surface area contributed by atoms with Crippen LogP contribution in [0.1, 0.15) is 72.1 Å². The summed E-state index contributed by atoms with van der Waals surface area (Å²) in [4.78, 5) is 17.2. The van der Waals surface area contributed by atoms with E-state index in [1.165, 1.54) is 12.8 Å². The number of fused-ring (bicyclic) bond motifs is 2. The largest absolute Gasteiger partial charge is 0.464 e. The topological polar surface area (TPSA) is 58.9 Å². The standard InChI is InChI=1S/C20H33NO3/c1-4-24-19(23)17(18(22)13-8-6-5-7-9-13)21-16-11-14-10-15(12-16)20(14,2)3/h13-15,17-18,22H,4-12H2,1-3H3/t14-,15+,17-,18-/m1/s1. The summed E-state index contributed by atoms with van der Waals surface area (Å²) in [6.45, 7) is 6.86. The third kappa shape index (κ3) is 3.40. The highest BCUT2D eigenvalue weighted by Crippen LogP contribution is 2.58. The number of carbonyl (C=O) groups is 1. The molecule has 0 amide bonds. The third-order valence-corrected chi connectivity index (χ3v) is 6.94. The lowest BCUT2D eigenvalue weighted by molar-refractivity contribution is -0.148. The molecule has 0 spiro atoms. The van der Waals surface area contributed by atoms with Crippen molar-refractivity contribution in [3.8, 4) is 0 Å². The second kappa shape index (κ2) is 7.15. The number of nitrogens with zero attached hydrogens (tertiary/aromatic N) is 1. The number of rotatable bonds is 5. The minimum atomic E-state index is -0.719. The fourth-order valence-corrected chi connectivity index (χ4v) is 5.00. The van der Waals surface area contributed by atoms with Gasteiger partial charge >= 0.3 is 5.97 Å². The van der Waals surface area contributed by atoms with Gasteiger partial charge in [0.2, 0.25) is 0 Å². The number of carbonyl (C=O) groups excluding carboxylic acids is 1. The predicted molar refractivity (Wildman–Crippen MR) is 95.0 cm³/mol. The molecule has 2 bridgehead atoms. The molecule has 0 aromatic rings. The Morgan fingerprint density at radius 2 is 1.88 bits per heavy atom. The monoisotopic (exact) mass is 335 g/mol. The second-order valence-electron chi connectivity index (χ2n) is 8.64. The van der Waals surface area contributed by atoms with E-state index in [0.717, 1.165) is 44.2 Å². The van der Waals surface area contributed by atoms with Gasteiger partial charge in [0.1, 0.15) is 0 Å². The van der Waals surface area contributed by atoms with Crippen molar-refractivity contribution in [2.45, 2.75) is 84.3 Å². The molecule has 0 saturated heterocycles. The van der Waals surface area contributed by atoms with Gasteiger partial charge in [-0.15, -0.1) is 0 Å². The van der Waals surface area contributed by atoms with Crippen molar-refractivity contribution < 1.29 is 14.6 Å². The van der Waals surface area contributed by atoms with E-state index >= 15 is 0 Å². The minimum Gasteiger partial charge on any atom is -0.464 e. The van der Waals surface area contributed by atoms with Gasteiger partial charge in [0.15, 0.2) is 6.04 Å². The van der Waals surface area contributed by atoms with Gasteiger partial charge in [-0.2, -0.15) is 0 Å². The van der Waals surface area contributed by atoms with Crippen LogP contribution in [0.15, 0.2) is 4.99 Å². The van der Waals surface area contributed by atoms with Crippen molar-refractivity contribution in [1.82, 2.24) is 0 Å². The van der Waals surface area contributed by atoms with Crippen molar-refractivity contribution in [3.63, 3.8) is 0 Å². The number of ether oxygens (including phenoxy) is 1. The first kappa shape index (κ1) is 17.9. The first-order valence-corrected chi connectivity index (χ1v) is 9.83. The van der Waals surface area contributed by atoms with Crippen LogP contribution in [0.25, 0.3) is 0 Å². The normalized spacial score (nSPS) is 33.6. The van der Waals surface area contributed by atoms with Gasteiger partial charge < -0.3 is 9.84 Å². The van der Waals surface area contributed by atoms with Gasteiger partial charge in [-0.3, -0.25) is 4.99 Å². The van der Waals surface area contributed by atoms with Gasteiger partial charge in [0.25, 0.3) is 0 Å². The van der Waals surface area contributed by atoms with E-state index in [2.05, 4.69) is 13.8 Å². The van der Waals surface area contributed by atoms with Crippen LogP contribution in [0.3, 0.4) is 0 Å². The highest BCUT2D eigenvalue weighted by Gasteiger charge is 2.52. The van der Waals surface area contributed by atoms with Gasteiger partial charge in [0, 0.05) is 5.71 Å². The van der Waals surface area contributed by atoms with E-state index in [1.807, 2.05) is 6.92 Å². The summed E-state index contributed by atoms with van der Waals surface area (Å²) in [5.74, 6) is 1.21. The molecule has 4 aliphatic rings. The van der Waals surface area contributed by atoms with E-state index in [-0.39, 0.29) is 11.9 Å². The zero-order valence-electron chi connectivity index (χ0n) is 15.5. The Morgan fingerprint density at radius 3 is 2.42 bits per heavy atom. The maximum Gasteiger partial charge on any atom is 0.333 e. The summed E-state index contributed by atoms with van der Waals surface area (Å²) in [6.07, 6.45) is 8.09. The molecule has 4 heteroatoms. The van der Waals surface area contributed by atoms with Crippen molar-refractivity contribution in [2.24, 2.45) is 28.2 Å². The molecule has 4 rings (SSSR count). The predicted octanol–water partition coefficient (Wildman–Crippen LogP) is 3.76. The molecule has 4 saturated carbocycles. The van der Waals surface area contributed by atoms with Crippen LogP contribution in [0, 0.1) is 23.2 Å². The number of aliphatic hydroxyl groups excluding tert-OH is 1. The van der Waals surface area contributed by atoms with E-state index in [4.69, 9.17) is 9.73 Å². The molecule has 0 aromatic carbocycles. The second-order valence-corrected chi connectivity index (χ2v) is 8.64. The Bertz CT molecular complexity index is 477. The summed E-state index contributed by atoms with van der Waals surface area (Å²) < 4.78 is 5.23. The molecule has 0 radical (unpaired) electrons. The minimum absolute atomic E-state index is 0.187. The molecule has 4 fully saturated rings. The first-order valence-electron chi connectivity index (χ1n) is 9.83. The lowest BCUT2D eigenvalue weighted by Gasteiger charge is -2.57. The smallest absolute Gasteiger partial charge is 0.333 e. The van der Waals surface area contributed by atoms with Gasteiger partial charge in [0.05, 0.1) is 12.7 Å². The molecule has 0 unspecified atom stereocenters. The van der Waals surface area contributed by atoms with Crippen LogP contribution in [0.2, 0.25) is 0 Å². The molecule has 0 aliphatic heterocycles. The van der Waals surface area contributed by atoms with Crippen LogP contribution < -0.4 is 0 Å². The Hall–Kier alpha value is -0.900. The Morgan fingerprint density at radius 1 is 1.25 bits per heavy atom. The van der Waals surface area contributed by atoms with Crippen LogP contribution in [0.4, 0.5) is 0 Å². The Balaban J connectivity index is 1.73. The molecule has 1 N–H and O–H groups in total. The molecule has 4 nitrogen and oxygen atoms in total. The summed E-state index contributed by atoms with van der Waals surface area (Å²) in [6, 6.07) is -0.719. The Kier molecular flexibility index (Phi) is 5.33. The van der Waals surface area contributed by atoms with Crippen molar-refractivity contribution in [2.75, 3.05) is 6.61 Å². The van der Waals surface area contributed by atoms with Gasteiger partial charge in [-0.05, 0) is 62.2 Å². The van der Waals surface area contributed by atoms with Gasteiger partial charge in [-0.25, -0.2) is 4.79 Å². The number of esters is 1. The van der Waals surface area contributed by atoms with Crippen molar-refractivity contribution >= 4 is 11.7 Å². The first-order chi connectivity index (χ1) is 11.4. The highest BCUT2D eigenvalue weighted by atomic mass is 16.5. The third-order valence-electron chi connectivity index (χ3n) is 6.94. The summed E-state index contributed by atoms with van der Waals surface area (Å²) >= 11 is 0. The highest BCUT2D eigenvalue weighted by molar-refractivity contribution is 5.90. The molecule has 4 atom stereocenters. The van der Waals surface area contributed by atoms with E-state index in [0.29, 0.717) is 23.9 Å². The number of hydrogen-bond donors (Lipinski definition) is 1.